The van der Waals surface area contributed by atoms with Gasteiger partial charge in [-0.15, -0.1) is 11.3 Å². The molecule has 158 valence electrons. The van der Waals surface area contributed by atoms with E-state index in [2.05, 4.69) is 47.5 Å². The number of thiophene rings is 1. The topological polar surface area (TPSA) is 56.1 Å². The number of hydrogen-bond donors (Lipinski definition) is 1. The molecule has 0 spiro atoms. The number of nitrogens with one attached hydrogen (secondary N) is 1. The summed E-state index contributed by atoms with van der Waals surface area (Å²) < 4.78 is 0. The average molecular weight is 430 g/mol. The molecule has 0 unspecified atom stereocenters. The van der Waals surface area contributed by atoms with Crippen molar-refractivity contribution in [3.8, 4) is 6.07 Å². The smallest absolute Gasteiger partial charge is 0.239 e. The maximum Gasteiger partial charge on any atom is 0.239 e. The quantitative estimate of drug-likeness (QED) is 0.548. The van der Waals surface area contributed by atoms with Crippen LogP contribution in [-0.4, -0.2) is 17.4 Å². The molecule has 1 N–H and O–H groups in total. The van der Waals surface area contributed by atoms with Crippen LogP contribution in [0.2, 0.25) is 0 Å². The molecule has 0 aliphatic heterocycles. The van der Waals surface area contributed by atoms with Crippen LogP contribution < -0.4 is 5.32 Å². The molecule has 0 saturated heterocycles. The summed E-state index contributed by atoms with van der Waals surface area (Å²) in [7, 11) is 0. The van der Waals surface area contributed by atoms with Gasteiger partial charge in [0.15, 0.2) is 0 Å². The second kappa shape index (κ2) is 9.91. The van der Waals surface area contributed by atoms with Crippen molar-refractivity contribution in [2.75, 3.05) is 11.9 Å². The van der Waals surface area contributed by atoms with Gasteiger partial charge in [-0.2, -0.15) is 5.26 Å². The summed E-state index contributed by atoms with van der Waals surface area (Å²) in [4.78, 5) is 16.4. The molecule has 2 aromatic carbocycles. The van der Waals surface area contributed by atoms with Crippen LogP contribution in [0.1, 0.15) is 40.5 Å². The Balaban J connectivity index is 1.49. The van der Waals surface area contributed by atoms with E-state index in [1.54, 1.807) is 11.3 Å². The fourth-order valence-electron chi connectivity index (χ4n) is 4.18. The Hall–Kier alpha value is -2.94. The van der Waals surface area contributed by atoms with Crippen LogP contribution >= 0.6 is 11.3 Å². The van der Waals surface area contributed by atoms with Crippen LogP contribution in [-0.2, 0) is 30.7 Å². The highest BCUT2D eigenvalue weighted by molar-refractivity contribution is 7.16. The molecule has 1 heterocycles. The molecule has 0 bridgehead atoms. The van der Waals surface area contributed by atoms with Crippen LogP contribution in [0, 0.1) is 17.2 Å². The van der Waals surface area contributed by atoms with Crippen LogP contribution in [0.4, 0.5) is 5.00 Å². The number of amides is 1. The largest absolute Gasteiger partial charge is 0.315 e. The van der Waals surface area contributed by atoms with Crippen molar-refractivity contribution in [1.82, 2.24) is 4.90 Å². The predicted octanol–water partition coefficient (Wildman–Crippen LogP) is 5.39. The van der Waals surface area contributed by atoms with E-state index in [1.807, 2.05) is 36.4 Å². The summed E-state index contributed by atoms with van der Waals surface area (Å²) in [6.45, 7) is 3.89. The van der Waals surface area contributed by atoms with Gasteiger partial charge in [-0.3, -0.25) is 9.69 Å². The Morgan fingerprint density at radius 3 is 2.29 bits per heavy atom. The minimum absolute atomic E-state index is 0.0741. The minimum Gasteiger partial charge on any atom is -0.315 e. The second-order valence-corrected chi connectivity index (χ2v) is 9.44. The van der Waals surface area contributed by atoms with Gasteiger partial charge in [0.1, 0.15) is 11.1 Å². The second-order valence-electron chi connectivity index (χ2n) is 8.33. The maximum atomic E-state index is 13.0. The summed E-state index contributed by atoms with van der Waals surface area (Å²) in [5.41, 5.74) is 4.15. The Labute approximate surface area is 188 Å². The fraction of sp³-hybridized carbons (Fsp3) is 0.308. The Morgan fingerprint density at radius 1 is 1.10 bits per heavy atom. The lowest BCUT2D eigenvalue weighted by molar-refractivity contribution is -0.117. The highest BCUT2D eigenvalue weighted by Gasteiger charge is 2.25. The van der Waals surface area contributed by atoms with Crippen molar-refractivity contribution >= 4 is 22.2 Å². The molecule has 0 saturated carbocycles. The van der Waals surface area contributed by atoms with Crippen LogP contribution in [0.3, 0.4) is 0 Å². The van der Waals surface area contributed by atoms with Gasteiger partial charge >= 0.3 is 0 Å². The van der Waals surface area contributed by atoms with E-state index in [0.29, 0.717) is 29.6 Å². The summed E-state index contributed by atoms with van der Waals surface area (Å²) in [5, 5.41) is 13.5. The first-order valence-corrected chi connectivity index (χ1v) is 11.6. The van der Waals surface area contributed by atoms with Gasteiger partial charge in [-0.25, -0.2) is 0 Å². The molecule has 1 aromatic heterocycles. The summed E-state index contributed by atoms with van der Waals surface area (Å²) in [5.74, 6) is 0.559. The van der Waals surface area contributed by atoms with E-state index in [-0.39, 0.29) is 12.5 Å². The fourth-order valence-corrected chi connectivity index (χ4v) is 5.55. The highest BCUT2D eigenvalue weighted by Crippen LogP contribution is 2.39. The zero-order valence-corrected chi connectivity index (χ0v) is 18.6. The number of nitriles is 1. The number of nitrogens with zero attached hydrogens (tertiary/aromatic N) is 2. The maximum absolute atomic E-state index is 13.0. The molecule has 4 nitrogen and oxygen atoms in total. The van der Waals surface area contributed by atoms with Crippen molar-refractivity contribution in [2.24, 2.45) is 5.92 Å². The molecule has 31 heavy (non-hydrogen) atoms. The van der Waals surface area contributed by atoms with E-state index < -0.39 is 0 Å². The van der Waals surface area contributed by atoms with Crippen molar-refractivity contribution in [2.45, 2.75) is 39.3 Å². The van der Waals surface area contributed by atoms with E-state index in [4.69, 9.17) is 0 Å². The summed E-state index contributed by atoms with van der Waals surface area (Å²) in [6.07, 6.45) is 3.03. The molecule has 0 fully saturated rings. The Kier molecular flexibility index (Phi) is 6.81. The van der Waals surface area contributed by atoms with Crippen molar-refractivity contribution < 1.29 is 4.79 Å². The average Bonchev–Trinajstić information content (AvgIpc) is 3.10. The Morgan fingerprint density at radius 2 is 1.71 bits per heavy atom. The first kappa shape index (κ1) is 21.3. The van der Waals surface area contributed by atoms with Gasteiger partial charge in [0, 0.05) is 18.0 Å². The van der Waals surface area contributed by atoms with Crippen molar-refractivity contribution in [3.05, 3.63) is 87.8 Å². The normalized spacial score (nSPS) is 15.3. The molecule has 1 aliphatic rings. The monoisotopic (exact) mass is 429 g/mol. The van der Waals surface area contributed by atoms with Crippen LogP contribution in [0.25, 0.3) is 0 Å². The van der Waals surface area contributed by atoms with Gasteiger partial charge in [-0.05, 0) is 41.9 Å². The number of benzene rings is 2. The molecule has 1 amide bonds. The van der Waals surface area contributed by atoms with E-state index in [0.717, 1.165) is 24.8 Å². The third-order valence-electron chi connectivity index (χ3n) is 5.74. The van der Waals surface area contributed by atoms with Crippen LogP contribution in [0.5, 0.6) is 0 Å². The number of rotatable bonds is 7. The molecular formula is C26H27N3OS. The van der Waals surface area contributed by atoms with Gasteiger partial charge in [-0.1, -0.05) is 67.6 Å². The van der Waals surface area contributed by atoms with Gasteiger partial charge in [0.05, 0.1) is 12.1 Å². The number of fused-ring (bicyclic) bond motifs is 1. The number of anilines is 1. The van der Waals surface area contributed by atoms with E-state index >= 15 is 0 Å². The standard InChI is InChI=1S/C26H27N3OS/c1-19-12-13-22-23(15-27)26(31-24(22)14-19)28-25(30)18-29(16-20-8-4-2-5-9-20)17-21-10-6-3-7-11-21/h2-11,19H,12-14,16-18H2,1H3,(H,28,30)/t19-/m1/s1. The highest BCUT2D eigenvalue weighted by atomic mass is 32.1. The van der Waals surface area contributed by atoms with E-state index in [1.165, 1.54) is 16.0 Å². The third-order valence-corrected chi connectivity index (χ3v) is 6.91. The molecular weight excluding hydrogens is 402 g/mol. The zero-order valence-electron chi connectivity index (χ0n) is 17.8. The molecule has 1 aliphatic carbocycles. The molecule has 5 heteroatoms. The number of hydrogen-bond acceptors (Lipinski definition) is 4. The molecule has 4 rings (SSSR count). The van der Waals surface area contributed by atoms with Gasteiger partial charge in [0.25, 0.3) is 0 Å². The summed E-state index contributed by atoms with van der Waals surface area (Å²) >= 11 is 1.58. The SMILES string of the molecule is C[C@@H]1CCc2c(sc(NC(=O)CN(Cc3ccccc3)Cc3ccccc3)c2C#N)C1. The number of carbonyl (C=O) groups is 1. The van der Waals surface area contributed by atoms with Gasteiger partial charge < -0.3 is 5.32 Å². The predicted molar refractivity (Wildman–Crippen MR) is 126 cm³/mol. The third kappa shape index (κ3) is 5.41. The van der Waals surface area contributed by atoms with Gasteiger partial charge in [0.2, 0.25) is 5.91 Å². The van der Waals surface area contributed by atoms with Crippen molar-refractivity contribution in [1.29, 1.82) is 5.26 Å². The minimum atomic E-state index is -0.0741. The van der Waals surface area contributed by atoms with E-state index in [9.17, 15) is 10.1 Å². The van der Waals surface area contributed by atoms with Crippen LogP contribution in [0.15, 0.2) is 60.7 Å². The lowest BCUT2D eigenvalue weighted by Gasteiger charge is -2.22. The molecule has 1 atom stereocenters. The first-order chi connectivity index (χ1) is 15.1. The number of carbonyl (C=O) groups excluding carboxylic acids is 1. The zero-order chi connectivity index (χ0) is 21.6. The molecule has 0 radical (unpaired) electrons. The molecule has 3 aromatic rings. The lowest BCUT2D eigenvalue weighted by Crippen LogP contribution is -2.32. The summed E-state index contributed by atoms with van der Waals surface area (Å²) in [6, 6.07) is 22.7. The Bertz CT molecular complexity index is 1030. The van der Waals surface area contributed by atoms with Crippen molar-refractivity contribution in [3.63, 3.8) is 0 Å². The lowest BCUT2D eigenvalue weighted by atomic mass is 9.89. The first-order valence-electron chi connectivity index (χ1n) is 10.8.